The van der Waals surface area contributed by atoms with E-state index in [0.717, 1.165) is 10.5 Å². The third-order valence-electron chi connectivity index (χ3n) is 4.56. The number of nitrogens with two attached hydrogens (primary N) is 1. The highest BCUT2D eigenvalue weighted by atomic mass is 32.2. The summed E-state index contributed by atoms with van der Waals surface area (Å²) in [5, 5.41) is -1.14. The fourth-order valence-corrected chi connectivity index (χ4v) is 5.30. The van der Waals surface area contributed by atoms with Gasteiger partial charge in [-0.1, -0.05) is 30.3 Å². The summed E-state index contributed by atoms with van der Waals surface area (Å²) in [5.74, 6) is -1.27. The van der Waals surface area contributed by atoms with Crippen molar-refractivity contribution in [1.29, 1.82) is 0 Å². The monoisotopic (exact) mass is 338 g/mol. The van der Waals surface area contributed by atoms with Crippen LogP contribution in [0.4, 0.5) is 0 Å². The van der Waals surface area contributed by atoms with Gasteiger partial charge in [0.2, 0.25) is 5.91 Å². The van der Waals surface area contributed by atoms with Gasteiger partial charge in [-0.25, -0.2) is 13.2 Å². The van der Waals surface area contributed by atoms with Crippen LogP contribution in [-0.2, 0) is 30.8 Å². The summed E-state index contributed by atoms with van der Waals surface area (Å²) in [4.78, 5) is 25.4. The summed E-state index contributed by atoms with van der Waals surface area (Å²) in [6.45, 7) is 2.87. The predicted octanol–water partition coefficient (Wildman–Crippen LogP) is -0.199. The Kier molecular flexibility index (Phi) is 3.49. The summed E-state index contributed by atoms with van der Waals surface area (Å²) in [5.41, 5.74) is 6.39. The molecule has 1 aromatic rings. The number of benzene rings is 1. The number of β-lactam (4-membered cyclic amide) rings is 1. The van der Waals surface area contributed by atoms with Crippen molar-refractivity contribution in [2.45, 2.75) is 42.7 Å². The predicted molar refractivity (Wildman–Crippen MR) is 81.6 cm³/mol. The second-order valence-electron chi connectivity index (χ2n) is 6.31. The zero-order valence-electron chi connectivity index (χ0n) is 12.8. The molecule has 0 spiro atoms. The summed E-state index contributed by atoms with van der Waals surface area (Å²) < 4.78 is 28.9. The Morgan fingerprint density at radius 1 is 1.30 bits per heavy atom. The normalized spacial score (nSPS) is 30.5. The van der Waals surface area contributed by atoms with Gasteiger partial charge in [-0.15, -0.1) is 0 Å². The first-order chi connectivity index (χ1) is 10.7. The molecular weight excluding hydrogens is 320 g/mol. The van der Waals surface area contributed by atoms with Crippen molar-refractivity contribution in [3.05, 3.63) is 35.9 Å². The number of carbonyl (C=O) groups is 2. The number of rotatable bonds is 3. The van der Waals surface area contributed by atoms with Crippen LogP contribution in [0.3, 0.4) is 0 Å². The minimum atomic E-state index is -3.75. The topological polar surface area (TPSA) is 107 Å². The minimum Gasteiger partial charge on any atom is -0.459 e. The smallest absolute Gasteiger partial charge is 0.330 e. The Balaban J connectivity index is 1.84. The van der Waals surface area contributed by atoms with Crippen molar-refractivity contribution in [3.63, 3.8) is 0 Å². The summed E-state index contributed by atoms with van der Waals surface area (Å²) in [6, 6.07) is 6.75. The van der Waals surface area contributed by atoms with Crippen molar-refractivity contribution in [2.75, 3.05) is 0 Å². The first kappa shape index (κ1) is 15.9. The largest absolute Gasteiger partial charge is 0.459 e. The molecule has 1 aromatic carbocycles. The average molecular weight is 338 g/mol. The van der Waals surface area contributed by atoms with Crippen LogP contribution in [0.2, 0.25) is 0 Å². The van der Waals surface area contributed by atoms with Crippen LogP contribution in [0.25, 0.3) is 0 Å². The Morgan fingerprint density at radius 2 is 1.91 bits per heavy atom. The number of sulfone groups is 1. The van der Waals surface area contributed by atoms with Gasteiger partial charge in [0.1, 0.15) is 23.4 Å². The molecule has 0 bridgehead atoms. The Bertz CT molecular complexity index is 759. The van der Waals surface area contributed by atoms with E-state index in [-0.39, 0.29) is 6.61 Å². The van der Waals surface area contributed by atoms with E-state index in [2.05, 4.69) is 0 Å². The van der Waals surface area contributed by atoms with Gasteiger partial charge in [0.25, 0.3) is 0 Å². The molecule has 23 heavy (non-hydrogen) atoms. The third-order valence-corrected chi connectivity index (χ3v) is 7.40. The molecule has 1 amide bonds. The molecule has 0 saturated carbocycles. The maximum Gasteiger partial charge on any atom is 0.330 e. The second kappa shape index (κ2) is 5.04. The SMILES string of the molecule is CC1(C)[C@H](C(=O)OCc2ccccc2)N2C(=O)[C@@H](N)[C@H]2S1(=O)=O. The first-order valence-corrected chi connectivity index (χ1v) is 8.76. The van der Waals surface area contributed by atoms with E-state index < -0.39 is 43.9 Å². The van der Waals surface area contributed by atoms with Gasteiger partial charge in [0, 0.05) is 0 Å². The molecule has 2 aliphatic rings. The van der Waals surface area contributed by atoms with E-state index in [1.807, 2.05) is 6.07 Å². The van der Waals surface area contributed by atoms with Crippen LogP contribution in [-0.4, -0.2) is 47.4 Å². The van der Waals surface area contributed by atoms with Gasteiger partial charge in [-0.05, 0) is 19.4 Å². The summed E-state index contributed by atoms with van der Waals surface area (Å²) >= 11 is 0. The van der Waals surface area contributed by atoms with Crippen LogP contribution in [0.5, 0.6) is 0 Å². The van der Waals surface area contributed by atoms with Crippen molar-refractivity contribution in [1.82, 2.24) is 4.90 Å². The molecular formula is C15H18N2O5S. The molecule has 2 heterocycles. The van der Waals surface area contributed by atoms with Gasteiger partial charge < -0.3 is 15.4 Å². The molecule has 3 atom stereocenters. The standard InChI is InChI=1S/C15H18N2O5S/c1-15(2)11(14(19)22-8-9-6-4-3-5-7-9)17-12(18)10(16)13(17)23(15,20)21/h3-7,10-11,13H,8,16H2,1-2H3/t10-,11+,13-/m1/s1. The molecule has 0 unspecified atom stereocenters. The number of carbonyl (C=O) groups excluding carboxylic acids is 2. The van der Waals surface area contributed by atoms with Crippen LogP contribution in [0, 0.1) is 0 Å². The number of fused-ring (bicyclic) bond motifs is 1. The average Bonchev–Trinajstić information content (AvgIpc) is 2.66. The number of nitrogens with zero attached hydrogens (tertiary/aromatic N) is 1. The summed E-state index contributed by atoms with van der Waals surface area (Å²) in [6.07, 6.45) is 0. The molecule has 3 rings (SSSR count). The molecule has 0 radical (unpaired) electrons. The van der Waals surface area contributed by atoms with Crippen molar-refractivity contribution >= 4 is 21.7 Å². The van der Waals surface area contributed by atoms with Crippen molar-refractivity contribution in [2.24, 2.45) is 5.73 Å². The van der Waals surface area contributed by atoms with E-state index in [1.54, 1.807) is 24.3 Å². The summed E-state index contributed by atoms with van der Waals surface area (Å²) in [7, 11) is -3.75. The van der Waals surface area contributed by atoms with E-state index in [0.29, 0.717) is 0 Å². The lowest BCUT2D eigenvalue weighted by Gasteiger charge is -2.40. The molecule has 7 nitrogen and oxygen atoms in total. The quantitative estimate of drug-likeness (QED) is 0.604. The van der Waals surface area contributed by atoms with Crippen molar-refractivity contribution in [3.8, 4) is 0 Å². The molecule has 8 heteroatoms. The Morgan fingerprint density at radius 3 is 2.52 bits per heavy atom. The third kappa shape index (κ3) is 2.08. The lowest BCUT2D eigenvalue weighted by molar-refractivity contribution is -0.163. The molecule has 124 valence electrons. The second-order valence-corrected chi connectivity index (χ2v) is 8.93. The Labute approximate surface area is 134 Å². The Hall–Kier alpha value is -1.93. The highest BCUT2D eigenvalue weighted by Crippen LogP contribution is 2.45. The van der Waals surface area contributed by atoms with E-state index in [1.165, 1.54) is 13.8 Å². The zero-order chi connectivity index (χ0) is 17.0. The van der Waals surface area contributed by atoms with Crippen LogP contribution in [0.1, 0.15) is 19.4 Å². The highest BCUT2D eigenvalue weighted by molar-refractivity contribution is 7.94. The maximum absolute atomic E-state index is 12.5. The molecule has 2 fully saturated rings. The number of hydrogen-bond donors (Lipinski definition) is 1. The maximum atomic E-state index is 12.5. The first-order valence-electron chi connectivity index (χ1n) is 7.21. The van der Waals surface area contributed by atoms with Gasteiger partial charge in [-0.2, -0.15) is 0 Å². The van der Waals surface area contributed by atoms with Gasteiger partial charge >= 0.3 is 5.97 Å². The zero-order valence-corrected chi connectivity index (χ0v) is 13.6. The van der Waals surface area contributed by atoms with Crippen molar-refractivity contribution < 1.29 is 22.7 Å². The number of ether oxygens (including phenoxy) is 1. The highest BCUT2D eigenvalue weighted by Gasteiger charge is 2.71. The van der Waals surface area contributed by atoms with Crippen LogP contribution in [0.15, 0.2) is 30.3 Å². The van der Waals surface area contributed by atoms with Gasteiger partial charge in [0.15, 0.2) is 15.2 Å². The lowest BCUT2D eigenvalue weighted by Crippen LogP contribution is -2.70. The molecule has 2 aliphatic heterocycles. The van der Waals surface area contributed by atoms with Gasteiger partial charge in [-0.3, -0.25) is 4.79 Å². The molecule has 2 N–H and O–H groups in total. The number of hydrogen-bond acceptors (Lipinski definition) is 6. The van der Waals surface area contributed by atoms with E-state index in [9.17, 15) is 18.0 Å². The molecule has 0 aromatic heterocycles. The number of esters is 1. The van der Waals surface area contributed by atoms with Crippen LogP contribution < -0.4 is 5.73 Å². The fraction of sp³-hybridized carbons (Fsp3) is 0.467. The minimum absolute atomic E-state index is 0.0189. The number of amides is 1. The van der Waals surface area contributed by atoms with Crippen LogP contribution >= 0.6 is 0 Å². The van der Waals surface area contributed by atoms with E-state index in [4.69, 9.17) is 10.5 Å². The molecule has 0 aliphatic carbocycles. The lowest BCUT2D eigenvalue weighted by atomic mass is 9.96. The van der Waals surface area contributed by atoms with Gasteiger partial charge in [0.05, 0.1) is 0 Å². The van der Waals surface area contributed by atoms with E-state index >= 15 is 0 Å². The molecule has 2 saturated heterocycles. The fourth-order valence-electron chi connectivity index (χ4n) is 3.13.